The molecule has 72 valence electrons. The Balaban J connectivity index is 2.12. The molecule has 0 aromatic rings. The molecule has 0 aromatic heterocycles. The molecule has 2 aliphatic heterocycles. The van der Waals surface area contributed by atoms with Crippen molar-refractivity contribution in [3.63, 3.8) is 0 Å². The number of piperidine rings is 1. The van der Waals surface area contributed by atoms with E-state index in [1.54, 1.807) is 4.90 Å². The van der Waals surface area contributed by atoms with Crippen LogP contribution in [-0.4, -0.2) is 46.1 Å². The summed E-state index contributed by atoms with van der Waals surface area (Å²) >= 11 is 0. The number of urea groups is 1. The minimum atomic E-state index is -0.352. The number of carbonyl (C=O) groups excluding carboxylic acids is 2. The zero-order valence-corrected chi connectivity index (χ0v) is 7.22. The lowest BCUT2D eigenvalue weighted by Gasteiger charge is -2.28. The van der Waals surface area contributed by atoms with Gasteiger partial charge in [0, 0.05) is 19.0 Å². The van der Waals surface area contributed by atoms with Crippen molar-refractivity contribution in [3.8, 4) is 0 Å². The summed E-state index contributed by atoms with van der Waals surface area (Å²) in [4.78, 5) is 23.3. The van der Waals surface area contributed by atoms with Gasteiger partial charge in [-0.15, -0.1) is 0 Å². The lowest BCUT2D eigenvalue weighted by molar-refractivity contribution is -0.108. The highest BCUT2D eigenvalue weighted by atomic mass is 16.5. The molecule has 0 aromatic carbocycles. The number of hydrogen-bond acceptors (Lipinski definition) is 3. The molecule has 0 radical (unpaired) electrons. The van der Waals surface area contributed by atoms with Crippen LogP contribution in [0.4, 0.5) is 4.79 Å². The first-order valence-electron chi connectivity index (χ1n) is 4.46. The average Bonchev–Trinajstić information content (AvgIpc) is 2.37. The van der Waals surface area contributed by atoms with Gasteiger partial charge in [0.15, 0.2) is 0 Å². The number of amides is 2. The molecule has 13 heavy (non-hydrogen) atoms. The monoisotopic (exact) mass is 184 g/mol. The Morgan fingerprint density at radius 1 is 1.54 bits per heavy atom. The van der Waals surface area contributed by atoms with E-state index >= 15 is 0 Å². The molecule has 5 heteroatoms. The van der Waals surface area contributed by atoms with Crippen molar-refractivity contribution >= 4 is 12.3 Å². The number of carbonyl (C=O) groups is 2. The molecule has 2 heterocycles. The Hall–Kier alpha value is -1.10. The van der Waals surface area contributed by atoms with E-state index in [0.717, 1.165) is 24.2 Å². The second-order valence-electron chi connectivity index (χ2n) is 3.57. The normalized spacial score (nSPS) is 32.5. The first-order valence-corrected chi connectivity index (χ1v) is 4.46. The Morgan fingerprint density at radius 3 is 3.00 bits per heavy atom. The predicted molar refractivity (Wildman–Crippen MR) is 43.2 cm³/mol. The van der Waals surface area contributed by atoms with Gasteiger partial charge in [0.25, 0.3) is 0 Å². The molecule has 2 saturated heterocycles. The quantitative estimate of drug-likeness (QED) is 0.493. The van der Waals surface area contributed by atoms with Gasteiger partial charge in [-0.1, -0.05) is 0 Å². The van der Waals surface area contributed by atoms with Crippen LogP contribution in [0.3, 0.4) is 0 Å². The maximum atomic E-state index is 11.4. The number of nitrogens with zero attached hydrogens (tertiary/aromatic N) is 2. The highest BCUT2D eigenvalue weighted by Crippen LogP contribution is 2.29. The zero-order chi connectivity index (χ0) is 9.42. The van der Waals surface area contributed by atoms with E-state index in [2.05, 4.69) is 0 Å². The van der Waals surface area contributed by atoms with Gasteiger partial charge in [-0.25, -0.2) is 9.86 Å². The predicted octanol–water partition coefficient (Wildman–Crippen LogP) is 0.233. The highest BCUT2D eigenvalue weighted by molar-refractivity contribution is 5.77. The first kappa shape index (κ1) is 8.50. The Bertz CT molecular complexity index is 244. The SMILES string of the molecule is O=CCC1CCC2CN1C(=O)N2O. The summed E-state index contributed by atoms with van der Waals surface area (Å²) in [5.41, 5.74) is 0. The molecule has 1 N–H and O–H groups in total. The van der Waals surface area contributed by atoms with Crippen LogP contribution in [0.5, 0.6) is 0 Å². The van der Waals surface area contributed by atoms with Gasteiger partial charge < -0.3 is 9.69 Å². The summed E-state index contributed by atoms with van der Waals surface area (Å²) in [5.74, 6) is 0. The van der Waals surface area contributed by atoms with Crippen molar-refractivity contribution in [1.82, 2.24) is 9.96 Å². The molecule has 0 spiro atoms. The van der Waals surface area contributed by atoms with Gasteiger partial charge in [-0.3, -0.25) is 5.21 Å². The van der Waals surface area contributed by atoms with Gasteiger partial charge in [-0.05, 0) is 12.8 Å². The third kappa shape index (κ3) is 1.19. The summed E-state index contributed by atoms with van der Waals surface area (Å²) in [6.45, 7) is 0.563. The standard InChI is InChI=1S/C8H12N2O3/c11-4-3-6-1-2-7-5-9(6)8(12)10(7)13/h4,6-7,13H,1-3,5H2. The highest BCUT2D eigenvalue weighted by Gasteiger charge is 2.43. The molecular formula is C8H12N2O3. The number of hydrogen-bond donors (Lipinski definition) is 1. The van der Waals surface area contributed by atoms with E-state index in [1.165, 1.54) is 0 Å². The lowest BCUT2D eigenvalue weighted by atomic mass is 9.99. The number of aldehydes is 1. The van der Waals surface area contributed by atoms with Crippen molar-refractivity contribution in [1.29, 1.82) is 0 Å². The van der Waals surface area contributed by atoms with Crippen LogP contribution in [0.15, 0.2) is 0 Å². The summed E-state index contributed by atoms with van der Waals surface area (Å²) < 4.78 is 0. The minimum absolute atomic E-state index is 0.00148. The molecule has 2 rings (SSSR count). The van der Waals surface area contributed by atoms with Crippen LogP contribution in [0.2, 0.25) is 0 Å². The smallest absolute Gasteiger partial charge is 0.317 e. The fourth-order valence-corrected chi connectivity index (χ4v) is 2.09. The number of fused-ring (bicyclic) bond motifs is 2. The maximum absolute atomic E-state index is 11.4. The van der Waals surface area contributed by atoms with Crippen LogP contribution in [0.1, 0.15) is 19.3 Å². The maximum Gasteiger partial charge on any atom is 0.344 e. The van der Waals surface area contributed by atoms with E-state index in [9.17, 15) is 14.8 Å². The second kappa shape index (κ2) is 2.99. The molecule has 2 fully saturated rings. The Labute approximate surface area is 75.9 Å². The van der Waals surface area contributed by atoms with E-state index in [4.69, 9.17) is 0 Å². The van der Waals surface area contributed by atoms with Crippen molar-refractivity contribution in [2.45, 2.75) is 31.3 Å². The first-order chi connectivity index (χ1) is 6.24. The Morgan fingerprint density at radius 2 is 2.31 bits per heavy atom. The number of hydroxylamine groups is 2. The van der Waals surface area contributed by atoms with E-state index in [0.29, 0.717) is 13.0 Å². The summed E-state index contributed by atoms with van der Waals surface area (Å²) in [7, 11) is 0. The van der Waals surface area contributed by atoms with E-state index in [1.807, 2.05) is 0 Å². The Kier molecular flexibility index (Phi) is 1.95. The van der Waals surface area contributed by atoms with Crippen LogP contribution < -0.4 is 0 Å². The molecule has 2 bridgehead atoms. The van der Waals surface area contributed by atoms with Crippen molar-refractivity contribution in [3.05, 3.63) is 0 Å². The molecular weight excluding hydrogens is 172 g/mol. The van der Waals surface area contributed by atoms with Gasteiger partial charge in [0.2, 0.25) is 0 Å². The molecule has 2 unspecified atom stereocenters. The largest absolute Gasteiger partial charge is 0.344 e. The molecule has 2 amide bonds. The van der Waals surface area contributed by atoms with Crippen LogP contribution in [0.25, 0.3) is 0 Å². The molecule has 2 aliphatic rings. The zero-order valence-electron chi connectivity index (χ0n) is 7.22. The lowest BCUT2D eigenvalue weighted by Crippen LogP contribution is -2.40. The van der Waals surface area contributed by atoms with Gasteiger partial charge >= 0.3 is 6.03 Å². The third-order valence-corrected chi connectivity index (χ3v) is 2.84. The summed E-state index contributed by atoms with van der Waals surface area (Å²) in [6.07, 6.45) is 2.81. The second-order valence-corrected chi connectivity index (χ2v) is 3.57. The summed E-state index contributed by atoms with van der Waals surface area (Å²) in [5, 5.41) is 10.1. The number of rotatable bonds is 2. The minimum Gasteiger partial charge on any atom is -0.317 e. The van der Waals surface area contributed by atoms with E-state index in [-0.39, 0.29) is 18.1 Å². The topological polar surface area (TPSA) is 60.9 Å². The fourth-order valence-electron chi connectivity index (χ4n) is 2.09. The molecule has 0 saturated carbocycles. The van der Waals surface area contributed by atoms with Crippen molar-refractivity contribution in [2.24, 2.45) is 0 Å². The van der Waals surface area contributed by atoms with Gasteiger partial charge in [-0.2, -0.15) is 0 Å². The third-order valence-electron chi connectivity index (χ3n) is 2.84. The van der Waals surface area contributed by atoms with Crippen molar-refractivity contribution in [2.75, 3.05) is 6.54 Å². The van der Waals surface area contributed by atoms with Gasteiger partial charge in [0.05, 0.1) is 6.04 Å². The van der Waals surface area contributed by atoms with Crippen LogP contribution in [0, 0.1) is 0 Å². The average molecular weight is 184 g/mol. The van der Waals surface area contributed by atoms with Gasteiger partial charge in [0.1, 0.15) is 6.29 Å². The van der Waals surface area contributed by atoms with Crippen LogP contribution >= 0.6 is 0 Å². The van der Waals surface area contributed by atoms with Crippen LogP contribution in [-0.2, 0) is 4.79 Å². The molecule has 0 aliphatic carbocycles. The van der Waals surface area contributed by atoms with E-state index < -0.39 is 0 Å². The molecule has 2 atom stereocenters. The fraction of sp³-hybridized carbons (Fsp3) is 0.750. The van der Waals surface area contributed by atoms with Crippen molar-refractivity contribution < 1.29 is 14.8 Å². The molecule has 5 nitrogen and oxygen atoms in total. The summed E-state index contributed by atoms with van der Waals surface area (Å²) in [6, 6.07) is -0.414.